The van der Waals surface area contributed by atoms with E-state index in [1.807, 2.05) is 0 Å². The average Bonchev–Trinajstić information content (AvgIpc) is 2.76. The van der Waals surface area contributed by atoms with Gasteiger partial charge in [-0.25, -0.2) is 0 Å². The number of fused-ring (bicyclic) bond motifs is 1. The maximum atomic E-state index is 10.2. The molecule has 104 valence electrons. The number of benzene rings is 1. The summed E-state index contributed by atoms with van der Waals surface area (Å²) in [4.78, 5) is 0. The van der Waals surface area contributed by atoms with Crippen molar-refractivity contribution in [3.05, 3.63) is 35.4 Å². The summed E-state index contributed by atoms with van der Waals surface area (Å²) in [7, 11) is 0. The molecule has 1 fully saturated rings. The van der Waals surface area contributed by atoms with Crippen LogP contribution >= 0.6 is 0 Å². The highest BCUT2D eigenvalue weighted by Crippen LogP contribution is 2.47. The van der Waals surface area contributed by atoms with Crippen LogP contribution in [-0.2, 0) is 11.8 Å². The van der Waals surface area contributed by atoms with Crippen LogP contribution in [-0.4, -0.2) is 11.7 Å². The lowest BCUT2D eigenvalue weighted by atomic mass is 9.61. The molecule has 0 heterocycles. The van der Waals surface area contributed by atoms with E-state index in [1.165, 1.54) is 68.9 Å². The highest BCUT2D eigenvalue weighted by atomic mass is 16.3. The van der Waals surface area contributed by atoms with Gasteiger partial charge in [-0.15, -0.1) is 0 Å². The van der Waals surface area contributed by atoms with Crippen molar-refractivity contribution in [3.8, 4) is 0 Å². The third-order valence-electron chi connectivity index (χ3n) is 5.54. The first kappa shape index (κ1) is 13.2. The number of rotatable bonds is 2. The molecular formula is C18H26O. The van der Waals surface area contributed by atoms with Crippen LogP contribution in [0.3, 0.4) is 0 Å². The number of aliphatic hydroxyl groups excluding tert-OH is 1. The highest BCUT2D eigenvalue weighted by Gasteiger charge is 2.42. The summed E-state index contributed by atoms with van der Waals surface area (Å²) >= 11 is 0. The maximum absolute atomic E-state index is 10.2. The molecule has 0 aliphatic heterocycles. The third-order valence-corrected chi connectivity index (χ3v) is 5.54. The second-order valence-corrected chi connectivity index (χ2v) is 6.51. The molecule has 0 bridgehead atoms. The van der Waals surface area contributed by atoms with Gasteiger partial charge in [0.05, 0.1) is 6.61 Å². The topological polar surface area (TPSA) is 20.2 Å². The van der Waals surface area contributed by atoms with Crippen molar-refractivity contribution < 1.29 is 5.11 Å². The summed E-state index contributed by atoms with van der Waals surface area (Å²) < 4.78 is 0. The van der Waals surface area contributed by atoms with Gasteiger partial charge in [-0.1, -0.05) is 49.9 Å². The molecule has 1 unspecified atom stereocenters. The summed E-state index contributed by atoms with van der Waals surface area (Å²) in [6.07, 6.45) is 11.7. The molecule has 1 N–H and O–H groups in total. The lowest BCUT2D eigenvalue weighted by Crippen LogP contribution is -2.42. The smallest absolute Gasteiger partial charge is 0.0530 e. The Hall–Kier alpha value is -0.820. The van der Waals surface area contributed by atoms with E-state index < -0.39 is 0 Å². The summed E-state index contributed by atoms with van der Waals surface area (Å²) in [5.41, 5.74) is 3.03. The van der Waals surface area contributed by atoms with Crippen molar-refractivity contribution in [1.82, 2.24) is 0 Å². The van der Waals surface area contributed by atoms with E-state index in [1.54, 1.807) is 0 Å². The van der Waals surface area contributed by atoms with Crippen molar-refractivity contribution in [2.45, 2.75) is 63.2 Å². The molecule has 0 saturated heterocycles. The fourth-order valence-corrected chi connectivity index (χ4v) is 4.50. The zero-order valence-corrected chi connectivity index (χ0v) is 11.9. The third kappa shape index (κ3) is 2.33. The molecule has 2 aliphatic carbocycles. The van der Waals surface area contributed by atoms with Crippen molar-refractivity contribution in [1.29, 1.82) is 0 Å². The Kier molecular flexibility index (Phi) is 3.93. The highest BCUT2D eigenvalue weighted by molar-refractivity contribution is 5.37. The molecule has 1 aromatic carbocycles. The van der Waals surface area contributed by atoms with E-state index in [0.29, 0.717) is 12.5 Å². The zero-order valence-electron chi connectivity index (χ0n) is 11.9. The molecule has 0 aromatic heterocycles. The standard InChI is InChI=1S/C18H26O/c19-14-18(16-10-3-1-2-4-11-16)13-7-9-15-8-5-6-12-17(15)18/h5-6,8,12,16,19H,1-4,7,9-11,13-14H2. The maximum Gasteiger partial charge on any atom is 0.0530 e. The van der Waals surface area contributed by atoms with Crippen LogP contribution in [0.25, 0.3) is 0 Å². The van der Waals surface area contributed by atoms with Gasteiger partial charge in [-0.2, -0.15) is 0 Å². The Morgan fingerprint density at radius 3 is 2.47 bits per heavy atom. The minimum Gasteiger partial charge on any atom is -0.395 e. The van der Waals surface area contributed by atoms with E-state index in [4.69, 9.17) is 0 Å². The first-order valence-electron chi connectivity index (χ1n) is 8.06. The van der Waals surface area contributed by atoms with Gasteiger partial charge in [0.1, 0.15) is 0 Å². The molecule has 2 aliphatic rings. The monoisotopic (exact) mass is 258 g/mol. The summed E-state index contributed by atoms with van der Waals surface area (Å²) in [6, 6.07) is 8.87. The predicted octanol–water partition coefficient (Wildman–Crippen LogP) is 4.22. The molecule has 3 rings (SSSR count). The minimum absolute atomic E-state index is 0.0686. The van der Waals surface area contributed by atoms with E-state index in [2.05, 4.69) is 24.3 Å². The number of hydrogen-bond acceptors (Lipinski definition) is 1. The van der Waals surface area contributed by atoms with Crippen molar-refractivity contribution in [3.63, 3.8) is 0 Å². The average molecular weight is 258 g/mol. The zero-order chi connectivity index (χ0) is 13.1. The number of hydrogen-bond donors (Lipinski definition) is 1. The van der Waals surface area contributed by atoms with Crippen LogP contribution in [0.1, 0.15) is 62.5 Å². The molecule has 0 spiro atoms. The Morgan fingerprint density at radius 2 is 1.74 bits per heavy atom. The fourth-order valence-electron chi connectivity index (χ4n) is 4.50. The van der Waals surface area contributed by atoms with Gasteiger partial charge < -0.3 is 5.11 Å². The molecule has 1 atom stereocenters. The lowest BCUT2D eigenvalue weighted by molar-refractivity contribution is 0.106. The SMILES string of the molecule is OCC1(C2CCCCCC2)CCCc2ccccc21. The molecule has 1 nitrogen and oxygen atoms in total. The fraction of sp³-hybridized carbons (Fsp3) is 0.667. The van der Waals surface area contributed by atoms with Gasteiger partial charge in [-0.05, 0) is 49.1 Å². The second kappa shape index (κ2) is 5.66. The molecule has 19 heavy (non-hydrogen) atoms. The summed E-state index contributed by atoms with van der Waals surface area (Å²) in [5, 5.41) is 10.2. The van der Waals surface area contributed by atoms with Crippen LogP contribution in [0.2, 0.25) is 0 Å². The molecule has 0 radical (unpaired) electrons. The minimum atomic E-state index is 0.0686. The Balaban J connectivity index is 1.98. The van der Waals surface area contributed by atoms with Crippen LogP contribution < -0.4 is 0 Å². The molecule has 0 amide bonds. The van der Waals surface area contributed by atoms with Crippen LogP contribution in [0.5, 0.6) is 0 Å². The van der Waals surface area contributed by atoms with Crippen LogP contribution in [0.4, 0.5) is 0 Å². The normalized spacial score (nSPS) is 28.7. The van der Waals surface area contributed by atoms with Gasteiger partial charge in [0.2, 0.25) is 0 Å². The largest absolute Gasteiger partial charge is 0.395 e. The predicted molar refractivity (Wildman–Crippen MR) is 79.3 cm³/mol. The molecular weight excluding hydrogens is 232 g/mol. The first-order valence-corrected chi connectivity index (χ1v) is 8.06. The lowest BCUT2D eigenvalue weighted by Gasteiger charge is -2.44. The van der Waals surface area contributed by atoms with E-state index in [0.717, 1.165) is 0 Å². The second-order valence-electron chi connectivity index (χ2n) is 6.51. The van der Waals surface area contributed by atoms with E-state index in [9.17, 15) is 5.11 Å². The van der Waals surface area contributed by atoms with E-state index >= 15 is 0 Å². The Labute approximate surface area is 117 Å². The number of aryl methyl sites for hydroxylation is 1. The van der Waals surface area contributed by atoms with Gasteiger partial charge in [0, 0.05) is 5.41 Å². The van der Waals surface area contributed by atoms with Gasteiger partial charge in [0.25, 0.3) is 0 Å². The van der Waals surface area contributed by atoms with Crippen molar-refractivity contribution in [2.75, 3.05) is 6.61 Å². The first-order chi connectivity index (χ1) is 9.37. The number of aliphatic hydroxyl groups is 1. The molecule has 1 saturated carbocycles. The van der Waals surface area contributed by atoms with Crippen molar-refractivity contribution in [2.24, 2.45) is 5.92 Å². The quantitative estimate of drug-likeness (QED) is 0.787. The van der Waals surface area contributed by atoms with E-state index in [-0.39, 0.29) is 5.41 Å². The van der Waals surface area contributed by atoms with Gasteiger partial charge >= 0.3 is 0 Å². The molecule has 1 aromatic rings. The molecule has 1 heteroatoms. The summed E-state index contributed by atoms with van der Waals surface area (Å²) in [5.74, 6) is 0.696. The Bertz CT molecular complexity index is 417. The van der Waals surface area contributed by atoms with Gasteiger partial charge in [-0.3, -0.25) is 0 Å². The van der Waals surface area contributed by atoms with Crippen LogP contribution in [0.15, 0.2) is 24.3 Å². The van der Waals surface area contributed by atoms with Crippen LogP contribution in [0, 0.1) is 5.92 Å². The van der Waals surface area contributed by atoms with Crippen molar-refractivity contribution >= 4 is 0 Å². The Morgan fingerprint density at radius 1 is 1.00 bits per heavy atom. The summed E-state index contributed by atoms with van der Waals surface area (Å²) in [6.45, 7) is 0.342. The van der Waals surface area contributed by atoms with Gasteiger partial charge in [0.15, 0.2) is 0 Å².